The lowest BCUT2D eigenvalue weighted by Gasteiger charge is -2.08. The second kappa shape index (κ2) is 9.79. The summed E-state index contributed by atoms with van der Waals surface area (Å²) >= 11 is 11.8. The first-order valence-corrected chi connectivity index (χ1v) is 9.45. The highest BCUT2D eigenvalue weighted by Crippen LogP contribution is 2.19. The van der Waals surface area contributed by atoms with Crippen LogP contribution in [0.1, 0.15) is 11.1 Å². The van der Waals surface area contributed by atoms with Crippen molar-refractivity contribution in [1.82, 2.24) is 0 Å². The normalized spacial score (nSPS) is 10.9. The first-order chi connectivity index (χ1) is 14.0. The van der Waals surface area contributed by atoms with Gasteiger partial charge in [0, 0.05) is 15.7 Å². The fourth-order valence-corrected chi connectivity index (χ4v) is 2.84. The average Bonchev–Trinajstić information content (AvgIpc) is 2.72. The van der Waals surface area contributed by atoms with Gasteiger partial charge in [0.2, 0.25) is 0 Å². The molecule has 29 heavy (non-hydrogen) atoms. The van der Waals surface area contributed by atoms with E-state index in [9.17, 15) is 10.1 Å². The van der Waals surface area contributed by atoms with E-state index in [0.717, 1.165) is 5.56 Å². The fraction of sp³-hybridized carbons (Fsp3) is 0.0435. The van der Waals surface area contributed by atoms with Crippen LogP contribution in [0, 0.1) is 11.3 Å². The van der Waals surface area contributed by atoms with Crippen molar-refractivity contribution in [1.29, 1.82) is 5.26 Å². The Hall–Kier alpha value is -3.26. The van der Waals surface area contributed by atoms with E-state index >= 15 is 0 Å². The monoisotopic (exact) mass is 422 g/mol. The lowest BCUT2D eigenvalue weighted by molar-refractivity contribution is -0.112. The average molecular weight is 423 g/mol. The van der Waals surface area contributed by atoms with Crippen LogP contribution in [-0.4, -0.2) is 5.91 Å². The molecule has 0 atom stereocenters. The Balaban J connectivity index is 1.70. The van der Waals surface area contributed by atoms with Crippen LogP contribution < -0.4 is 10.1 Å². The third kappa shape index (κ3) is 6.11. The van der Waals surface area contributed by atoms with Gasteiger partial charge in [0.1, 0.15) is 24.0 Å². The fourth-order valence-electron chi connectivity index (χ4n) is 2.52. The molecular formula is C23H16Cl2N2O2. The standard InChI is InChI=1S/C23H16Cl2N2O2/c24-19-9-7-16(8-10-19)15-29-22-6-1-3-17(12-22)11-18(14-26)23(28)27-21-5-2-4-20(25)13-21/h1-13H,15H2,(H,27,28)/b18-11+. The molecule has 0 aromatic heterocycles. The second-order valence-corrected chi connectivity index (χ2v) is 6.99. The molecular weight excluding hydrogens is 407 g/mol. The number of carbonyl (C=O) groups is 1. The van der Waals surface area contributed by atoms with E-state index < -0.39 is 5.91 Å². The third-order valence-corrected chi connectivity index (χ3v) is 4.42. The number of hydrogen-bond acceptors (Lipinski definition) is 3. The number of halogens is 2. The van der Waals surface area contributed by atoms with Crippen LogP contribution in [0.15, 0.2) is 78.4 Å². The van der Waals surface area contributed by atoms with Gasteiger partial charge in [-0.1, -0.05) is 53.5 Å². The lowest BCUT2D eigenvalue weighted by atomic mass is 10.1. The molecule has 0 heterocycles. The molecule has 3 aromatic rings. The Morgan fingerprint density at radius 3 is 2.48 bits per heavy atom. The van der Waals surface area contributed by atoms with Gasteiger partial charge in [-0.15, -0.1) is 0 Å². The van der Waals surface area contributed by atoms with Crippen LogP contribution in [0.3, 0.4) is 0 Å². The summed E-state index contributed by atoms with van der Waals surface area (Å²) in [4.78, 5) is 12.4. The quantitative estimate of drug-likeness (QED) is 0.384. The molecule has 0 saturated heterocycles. The van der Waals surface area contributed by atoms with Crippen molar-refractivity contribution >= 4 is 40.9 Å². The Morgan fingerprint density at radius 2 is 1.76 bits per heavy atom. The van der Waals surface area contributed by atoms with E-state index in [-0.39, 0.29) is 5.57 Å². The highest BCUT2D eigenvalue weighted by molar-refractivity contribution is 6.31. The Kier molecular flexibility index (Phi) is 6.91. The summed E-state index contributed by atoms with van der Waals surface area (Å²) in [5.74, 6) is 0.114. The van der Waals surface area contributed by atoms with Crippen molar-refractivity contribution in [2.75, 3.05) is 5.32 Å². The van der Waals surface area contributed by atoms with Gasteiger partial charge in [0.05, 0.1) is 0 Å². The van der Waals surface area contributed by atoms with Crippen LogP contribution in [0.2, 0.25) is 10.0 Å². The van der Waals surface area contributed by atoms with Crippen molar-refractivity contribution in [2.24, 2.45) is 0 Å². The van der Waals surface area contributed by atoms with Crippen molar-refractivity contribution in [3.63, 3.8) is 0 Å². The highest BCUT2D eigenvalue weighted by Gasteiger charge is 2.10. The van der Waals surface area contributed by atoms with Crippen molar-refractivity contribution in [3.8, 4) is 11.8 Å². The summed E-state index contributed by atoms with van der Waals surface area (Å²) in [6, 6.07) is 23.2. The maximum Gasteiger partial charge on any atom is 0.266 e. The van der Waals surface area contributed by atoms with Gasteiger partial charge in [0.25, 0.3) is 5.91 Å². The molecule has 0 spiro atoms. The van der Waals surface area contributed by atoms with E-state index in [0.29, 0.717) is 33.7 Å². The molecule has 1 amide bonds. The molecule has 0 saturated carbocycles. The zero-order chi connectivity index (χ0) is 20.6. The third-order valence-electron chi connectivity index (χ3n) is 3.94. The number of benzene rings is 3. The zero-order valence-electron chi connectivity index (χ0n) is 15.2. The summed E-state index contributed by atoms with van der Waals surface area (Å²) in [5.41, 5.74) is 2.15. The molecule has 144 valence electrons. The summed E-state index contributed by atoms with van der Waals surface area (Å²) in [6.45, 7) is 0.380. The van der Waals surface area contributed by atoms with Gasteiger partial charge in [-0.05, 0) is 59.7 Å². The number of hydrogen-bond donors (Lipinski definition) is 1. The zero-order valence-corrected chi connectivity index (χ0v) is 16.7. The summed E-state index contributed by atoms with van der Waals surface area (Å²) in [7, 11) is 0. The molecule has 0 bridgehead atoms. The summed E-state index contributed by atoms with van der Waals surface area (Å²) in [6.07, 6.45) is 1.51. The number of nitrogens with one attached hydrogen (secondary N) is 1. The van der Waals surface area contributed by atoms with Crippen LogP contribution in [0.4, 0.5) is 5.69 Å². The van der Waals surface area contributed by atoms with Gasteiger partial charge in [-0.25, -0.2) is 0 Å². The molecule has 0 radical (unpaired) electrons. The Morgan fingerprint density at radius 1 is 1.00 bits per heavy atom. The predicted octanol–water partition coefficient (Wildman–Crippen LogP) is 6.12. The van der Waals surface area contributed by atoms with Crippen LogP contribution >= 0.6 is 23.2 Å². The van der Waals surface area contributed by atoms with Crippen molar-refractivity contribution < 1.29 is 9.53 Å². The Bertz CT molecular complexity index is 1090. The van der Waals surface area contributed by atoms with E-state index in [1.165, 1.54) is 6.08 Å². The molecule has 3 rings (SSSR count). The van der Waals surface area contributed by atoms with E-state index in [1.54, 1.807) is 54.6 Å². The molecule has 0 aliphatic heterocycles. The minimum absolute atomic E-state index is 0.0279. The number of ether oxygens (including phenoxy) is 1. The first kappa shape index (κ1) is 20.5. The van der Waals surface area contributed by atoms with Gasteiger partial charge >= 0.3 is 0 Å². The molecule has 0 fully saturated rings. The van der Waals surface area contributed by atoms with Crippen LogP contribution in [0.25, 0.3) is 6.08 Å². The lowest BCUT2D eigenvalue weighted by Crippen LogP contribution is -2.13. The van der Waals surface area contributed by atoms with Crippen LogP contribution in [0.5, 0.6) is 5.75 Å². The van der Waals surface area contributed by atoms with E-state index in [4.69, 9.17) is 27.9 Å². The SMILES string of the molecule is N#C/C(=C\c1cccc(OCc2ccc(Cl)cc2)c1)C(=O)Nc1cccc(Cl)c1. The smallest absolute Gasteiger partial charge is 0.266 e. The van der Waals surface area contributed by atoms with Gasteiger partial charge in [0.15, 0.2) is 0 Å². The van der Waals surface area contributed by atoms with Gasteiger partial charge < -0.3 is 10.1 Å². The largest absolute Gasteiger partial charge is 0.489 e. The topological polar surface area (TPSA) is 62.1 Å². The number of nitrogens with zero attached hydrogens (tertiary/aromatic N) is 1. The minimum atomic E-state index is -0.512. The summed E-state index contributed by atoms with van der Waals surface area (Å²) < 4.78 is 5.79. The number of nitriles is 1. The molecule has 0 unspecified atom stereocenters. The number of carbonyl (C=O) groups excluding carboxylic acids is 1. The van der Waals surface area contributed by atoms with Gasteiger partial charge in [-0.3, -0.25) is 4.79 Å². The first-order valence-electron chi connectivity index (χ1n) is 8.69. The minimum Gasteiger partial charge on any atom is -0.489 e. The van der Waals surface area contributed by atoms with Crippen molar-refractivity contribution in [3.05, 3.63) is 99.5 Å². The molecule has 6 heteroatoms. The maximum absolute atomic E-state index is 12.4. The van der Waals surface area contributed by atoms with Gasteiger partial charge in [-0.2, -0.15) is 5.26 Å². The second-order valence-electron chi connectivity index (χ2n) is 6.12. The number of amides is 1. The molecule has 1 N–H and O–H groups in total. The molecule has 3 aromatic carbocycles. The summed E-state index contributed by atoms with van der Waals surface area (Å²) in [5, 5.41) is 13.2. The molecule has 0 aliphatic carbocycles. The highest BCUT2D eigenvalue weighted by atomic mass is 35.5. The maximum atomic E-state index is 12.4. The number of rotatable bonds is 6. The predicted molar refractivity (Wildman–Crippen MR) is 116 cm³/mol. The van der Waals surface area contributed by atoms with Crippen LogP contribution in [-0.2, 0) is 11.4 Å². The molecule has 4 nitrogen and oxygen atoms in total. The van der Waals surface area contributed by atoms with Crippen molar-refractivity contribution in [2.45, 2.75) is 6.61 Å². The number of anilines is 1. The van der Waals surface area contributed by atoms with E-state index in [1.807, 2.05) is 24.3 Å². The Labute approximate surface area is 179 Å². The molecule has 0 aliphatic rings. The van der Waals surface area contributed by atoms with E-state index in [2.05, 4.69) is 5.32 Å².